The first-order valence-corrected chi connectivity index (χ1v) is 10.5. The number of carbonyl (C=O) groups is 1. The summed E-state index contributed by atoms with van der Waals surface area (Å²) in [6.07, 6.45) is 5.34. The summed E-state index contributed by atoms with van der Waals surface area (Å²) in [6.45, 7) is 5.74. The molecule has 1 aliphatic rings. The number of nitrogens with zero attached hydrogens (tertiary/aromatic N) is 2. The largest absolute Gasteiger partial charge is 0.490 e. The Labute approximate surface area is 176 Å². The van der Waals surface area contributed by atoms with Crippen LogP contribution in [0.1, 0.15) is 44.1 Å². The van der Waals surface area contributed by atoms with E-state index < -0.39 is 0 Å². The van der Waals surface area contributed by atoms with Crippen molar-refractivity contribution < 1.29 is 14.3 Å². The first-order chi connectivity index (χ1) is 14.7. The second-order valence-corrected chi connectivity index (χ2v) is 7.23. The Bertz CT molecular complexity index is 1020. The van der Waals surface area contributed by atoms with Crippen LogP contribution in [0.4, 0.5) is 0 Å². The van der Waals surface area contributed by atoms with Crippen molar-refractivity contribution in [2.75, 3.05) is 19.8 Å². The van der Waals surface area contributed by atoms with Gasteiger partial charge in [-0.2, -0.15) is 0 Å². The van der Waals surface area contributed by atoms with Crippen molar-refractivity contribution in [3.05, 3.63) is 59.9 Å². The molecule has 30 heavy (non-hydrogen) atoms. The van der Waals surface area contributed by atoms with E-state index in [-0.39, 0.29) is 11.9 Å². The molecule has 6 heteroatoms. The molecule has 2 heterocycles. The van der Waals surface area contributed by atoms with Gasteiger partial charge >= 0.3 is 0 Å². The molecule has 0 aliphatic carbocycles. The van der Waals surface area contributed by atoms with E-state index in [1.165, 1.54) is 0 Å². The number of fused-ring (bicyclic) bond motifs is 1. The summed E-state index contributed by atoms with van der Waals surface area (Å²) in [5.74, 6) is 2.25. The summed E-state index contributed by atoms with van der Waals surface area (Å²) in [4.78, 5) is 22.9. The van der Waals surface area contributed by atoms with E-state index >= 15 is 0 Å². The highest BCUT2D eigenvalue weighted by molar-refractivity contribution is 5.92. The molecule has 4 rings (SSSR count). The standard InChI is InChI=1S/C24H27N3O3/c1-3-29-21-13-11-17(16-22(21)30-4-2)12-14-23(28)27-15-7-10-20(27)24-25-18-8-5-6-9-19(18)26-24/h5-6,8-9,11-14,16,20H,3-4,7,10,15H2,1-2H3,(H,25,26). The summed E-state index contributed by atoms with van der Waals surface area (Å²) in [5.41, 5.74) is 2.83. The van der Waals surface area contributed by atoms with Gasteiger partial charge in [-0.1, -0.05) is 18.2 Å². The molecule has 1 N–H and O–H groups in total. The van der Waals surface area contributed by atoms with Crippen molar-refractivity contribution in [3.63, 3.8) is 0 Å². The quantitative estimate of drug-likeness (QED) is 0.577. The zero-order valence-corrected chi connectivity index (χ0v) is 17.4. The van der Waals surface area contributed by atoms with Crippen LogP contribution < -0.4 is 9.47 Å². The van der Waals surface area contributed by atoms with E-state index in [1.54, 1.807) is 6.08 Å². The molecule has 0 bridgehead atoms. The van der Waals surface area contributed by atoms with E-state index in [0.717, 1.165) is 41.8 Å². The minimum absolute atomic E-state index is 0.00944. The van der Waals surface area contributed by atoms with Gasteiger partial charge < -0.3 is 19.4 Å². The lowest BCUT2D eigenvalue weighted by Crippen LogP contribution is -2.29. The van der Waals surface area contributed by atoms with Crippen molar-refractivity contribution in [1.29, 1.82) is 0 Å². The molecule has 0 spiro atoms. The molecule has 1 aliphatic heterocycles. The Morgan fingerprint density at radius 3 is 2.77 bits per heavy atom. The molecule has 0 radical (unpaired) electrons. The summed E-state index contributed by atoms with van der Waals surface area (Å²) in [5, 5.41) is 0. The number of hydrogen-bond acceptors (Lipinski definition) is 4. The fourth-order valence-electron chi connectivity index (χ4n) is 3.88. The molecule has 3 aromatic rings. The smallest absolute Gasteiger partial charge is 0.247 e. The number of ether oxygens (including phenoxy) is 2. The van der Waals surface area contributed by atoms with E-state index in [2.05, 4.69) is 4.98 Å². The van der Waals surface area contributed by atoms with E-state index in [4.69, 9.17) is 14.5 Å². The molecule has 2 aromatic carbocycles. The van der Waals surface area contributed by atoms with Gasteiger partial charge in [0.15, 0.2) is 11.5 Å². The summed E-state index contributed by atoms with van der Waals surface area (Å²) < 4.78 is 11.3. The fourth-order valence-corrected chi connectivity index (χ4v) is 3.88. The van der Waals surface area contributed by atoms with Crippen molar-refractivity contribution >= 4 is 23.0 Å². The highest BCUT2D eigenvalue weighted by atomic mass is 16.5. The Hall–Kier alpha value is -3.28. The van der Waals surface area contributed by atoms with Gasteiger partial charge in [-0.3, -0.25) is 4.79 Å². The molecular weight excluding hydrogens is 378 g/mol. The number of benzene rings is 2. The summed E-state index contributed by atoms with van der Waals surface area (Å²) in [6, 6.07) is 13.6. The van der Waals surface area contributed by atoms with Crippen molar-refractivity contribution in [2.24, 2.45) is 0 Å². The lowest BCUT2D eigenvalue weighted by Gasteiger charge is -2.21. The third-order valence-corrected chi connectivity index (χ3v) is 5.25. The van der Waals surface area contributed by atoms with Gasteiger partial charge in [-0.15, -0.1) is 0 Å². The molecular formula is C24H27N3O3. The van der Waals surface area contributed by atoms with Gasteiger partial charge in [0.1, 0.15) is 5.82 Å². The van der Waals surface area contributed by atoms with Crippen LogP contribution in [0, 0.1) is 0 Å². The average molecular weight is 405 g/mol. The number of imidazole rings is 1. The van der Waals surface area contributed by atoms with Crippen LogP contribution in [0.5, 0.6) is 11.5 Å². The molecule has 1 aromatic heterocycles. The summed E-state index contributed by atoms with van der Waals surface area (Å²) in [7, 11) is 0. The van der Waals surface area contributed by atoms with E-state index in [1.807, 2.05) is 67.3 Å². The summed E-state index contributed by atoms with van der Waals surface area (Å²) >= 11 is 0. The van der Waals surface area contributed by atoms with Crippen LogP contribution in [0.25, 0.3) is 17.1 Å². The SMILES string of the molecule is CCOc1ccc(C=CC(=O)N2CCCC2c2nc3ccccc3[nH]2)cc1OCC. The lowest BCUT2D eigenvalue weighted by atomic mass is 10.1. The number of rotatable bonds is 7. The Balaban J connectivity index is 1.51. The predicted octanol–water partition coefficient (Wildman–Crippen LogP) is 4.74. The fraction of sp³-hybridized carbons (Fsp3) is 0.333. The highest BCUT2D eigenvalue weighted by Crippen LogP contribution is 2.32. The molecule has 0 saturated carbocycles. The van der Waals surface area contributed by atoms with Gasteiger partial charge in [-0.25, -0.2) is 4.98 Å². The zero-order chi connectivity index (χ0) is 20.9. The topological polar surface area (TPSA) is 67.5 Å². The molecule has 1 atom stereocenters. The second-order valence-electron chi connectivity index (χ2n) is 7.23. The zero-order valence-electron chi connectivity index (χ0n) is 17.4. The van der Waals surface area contributed by atoms with Crippen LogP contribution in [-0.4, -0.2) is 40.5 Å². The predicted molar refractivity (Wildman–Crippen MR) is 118 cm³/mol. The number of aromatic amines is 1. The number of likely N-dealkylation sites (tertiary alicyclic amines) is 1. The Kier molecular flexibility index (Phi) is 6.02. The average Bonchev–Trinajstić information content (AvgIpc) is 3.40. The maximum Gasteiger partial charge on any atom is 0.247 e. The van der Waals surface area contributed by atoms with Crippen LogP contribution in [0.15, 0.2) is 48.5 Å². The maximum absolute atomic E-state index is 12.9. The van der Waals surface area contributed by atoms with Crippen LogP contribution in [0.3, 0.4) is 0 Å². The van der Waals surface area contributed by atoms with Gasteiger partial charge in [0.05, 0.1) is 30.3 Å². The normalized spacial score (nSPS) is 16.5. The maximum atomic E-state index is 12.9. The van der Waals surface area contributed by atoms with Crippen molar-refractivity contribution in [3.8, 4) is 11.5 Å². The van der Waals surface area contributed by atoms with Gasteiger partial charge in [0.25, 0.3) is 0 Å². The van der Waals surface area contributed by atoms with E-state index in [0.29, 0.717) is 24.7 Å². The number of amides is 1. The van der Waals surface area contributed by atoms with Crippen LogP contribution in [0.2, 0.25) is 0 Å². The van der Waals surface area contributed by atoms with Crippen molar-refractivity contribution in [2.45, 2.75) is 32.7 Å². The number of carbonyl (C=O) groups excluding carboxylic acids is 1. The van der Waals surface area contributed by atoms with Crippen molar-refractivity contribution in [1.82, 2.24) is 14.9 Å². The van der Waals surface area contributed by atoms with E-state index in [9.17, 15) is 4.79 Å². The molecule has 1 fully saturated rings. The monoisotopic (exact) mass is 405 g/mol. The van der Waals surface area contributed by atoms with Gasteiger partial charge in [0, 0.05) is 12.6 Å². The first kappa shape index (κ1) is 20.0. The number of para-hydroxylation sites is 2. The third kappa shape index (κ3) is 4.17. The van der Waals surface area contributed by atoms with Crippen LogP contribution >= 0.6 is 0 Å². The molecule has 6 nitrogen and oxygen atoms in total. The lowest BCUT2D eigenvalue weighted by molar-refractivity contribution is -0.126. The number of H-pyrrole nitrogens is 1. The number of aromatic nitrogens is 2. The molecule has 156 valence electrons. The Morgan fingerprint density at radius 1 is 1.17 bits per heavy atom. The number of nitrogens with one attached hydrogen (secondary N) is 1. The molecule has 1 unspecified atom stereocenters. The van der Waals surface area contributed by atoms with Gasteiger partial charge in [-0.05, 0) is 62.6 Å². The third-order valence-electron chi connectivity index (χ3n) is 5.25. The van der Waals surface area contributed by atoms with Gasteiger partial charge in [0.2, 0.25) is 5.91 Å². The minimum atomic E-state index is -0.0196. The molecule has 1 saturated heterocycles. The van der Waals surface area contributed by atoms with Crippen LogP contribution in [-0.2, 0) is 4.79 Å². The molecule has 1 amide bonds. The minimum Gasteiger partial charge on any atom is -0.490 e. The highest BCUT2D eigenvalue weighted by Gasteiger charge is 2.31. The number of hydrogen-bond donors (Lipinski definition) is 1. The first-order valence-electron chi connectivity index (χ1n) is 10.5. The Morgan fingerprint density at radius 2 is 1.97 bits per heavy atom. The second kappa shape index (κ2) is 9.03.